The number of rotatable bonds is 2. The van der Waals surface area contributed by atoms with Gasteiger partial charge >= 0.3 is 0 Å². The summed E-state index contributed by atoms with van der Waals surface area (Å²) >= 11 is 0. The predicted octanol–water partition coefficient (Wildman–Crippen LogP) is 2.80. The zero-order chi connectivity index (χ0) is 13.9. The SMILES string of the molecule is CC1(C)CCCN(C(=O)c2cccc(CN)c2)CC1. The highest BCUT2D eigenvalue weighted by Gasteiger charge is 2.25. The molecule has 0 saturated carbocycles. The summed E-state index contributed by atoms with van der Waals surface area (Å²) in [6.45, 7) is 6.79. The third-order valence-electron chi connectivity index (χ3n) is 4.04. The van der Waals surface area contributed by atoms with Crippen LogP contribution in [0, 0.1) is 5.41 Å². The second-order valence-corrected chi connectivity index (χ2v) is 6.21. The summed E-state index contributed by atoms with van der Waals surface area (Å²) in [5.41, 5.74) is 7.77. The Morgan fingerprint density at radius 2 is 2.11 bits per heavy atom. The Morgan fingerprint density at radius 3 is 2.84 bits per heavy atom. The van der Waals surface area contributed by atoms with E-state index in [1.807, 2.05) is 29.2 Å². The molecule has 1 fully saturated rings. The number of carbonyl (C=O) groups is 1. The van der Waals surface area contributed by atoms with E-state index in [9.17, 15) is 4.79 Å². The van der Waals surface area contributed by atoms with E-state index in [0.717, 1.165) is 37.1 Å². The molecule has 0 bridgehead atoms. The Labute approximate surface area is 115 Å². The van der Waals surface area contributed by atoms with Gasteiger partial charge in [-0.1, -0.05) is 26.0 Å². The van der Waals surface area contributed by atoms with E-state index in [-0.39, 0.29) is 5.91 Å². The standard InChI is InChI=1S/C16H24N2O/c1-16(2)7-4-9-18(10-8-16)15(19)14-6-3-5-13(11-14)12-17/h3,5-6,11H,4,7-10,12,17H2,1-2H3. The molecule has 0 unspecified atom stereocenters. The lowest BCUT2D eigenvalue weighted by molar-refractivity contribution is 0.0757. The molecule has 0 spiro atoms. The summed E-state index contributed by atoms with van der Waals surface area (Å²) in [5, 5.41) is 0. The molecule has 19 heavy (non-hydrogen) atoms. The number of carbonyl (C=O) groups excluding carboxylic acids is 1. The van der Waals surface area contributed by atoms with Crippen molar-refractivity contribution in [3.63, 3.8) is 0 Å². The third kappa shape index (κ3) is 3.57. The lowest BCUT2D eigenvalue weighted by Crippen LogP contribution is -2.32. The topological polar surface area (TPSA) is 46.3 Å². The zero-order valence-corrected chi connectivity index (χ0v) is 12.0. The van der Waals surface area contributed by atoms with E-state index < -0.39 is 0 Å². The second kappa shape index (κ2) is 5.74. The largest absolute Gasteiger partial charge is 0.339 e. The molecule has 104 valence electrons. The predicted molar refractivity (Wildman–Crippen MR) is 77.9 cm³/mol. The van der Waals surface area contributed by atoms with Gasteiger partial charge in [0.25, 0.3) is 5.91 Å². The fraction of sp³-hybridized carbons (Fsp3) is 0.562. The maximum atomic E-state index is 12.5. The van der Waals surface area contributed by atoms with E-state index >= 15 is 0 Å². The number of hydrogen-bond acceptors (Lipinski definition) is 2. The first-order valence-electron chi connectivity index (χ1n) is 7.10. The van der Waals surface area contributed by atoms with Gasteiger partial charge in [0.05, 0.1) is 0 Å². The summed E-state index contributed by atoms with van der Waals surface area (Å²) < 4.78 is 0. The number of hydrogen-bond donors (Lipinski definition) is 1. The van der Waals surface area contributed by atoms with Crippen molar-refractivity contribution >= 4 is 5.91 Å². The van der Waals surface area contributed by atoms with E-state index in [4.69, 9.17) is 5.73 Å². The smallest absolute Gasteiger partial charge is 0.253 e. The average molecular weight is 260 g/mol. The number of likely N-dealkylation sites (tertiary alicyclic amines) is 1. The quantitative estimate of drug-likeness (QED) is 0.888. The molecule has 0 aliphatic carbocycles. The molecule has 0 radical (unpaired) electrons. The molecule has 2 rings (SSSR count). The van der Waals surface area contributed by atoms with Gasteiger partial charge in [0.1, 0.15) is 0 Å². The van der Waals surface area contributed by atoms with Gasteiger partial charge in [-0.3, -0.25) is 4.79 Å². The van der Waals surface area contributed by atoms with Crippen molar-refractivity contribution in [1.29, 1.82) is 0 Å². The third-order valence-corrected chi connectivity index (χ3v) is 4.04. The van der Waals surface area contributed by atoms with Crippen molar-refractivity contribution in [1.82, 2.24) is 4.90 Å². The first kappa shape index (κ1) is 14.1. The van der Waals surface area contributed by atoms with Gasteiger partial charge in [0.15, 0.2) is 0 Å². The summed E-state index contributed by atoms with van der Waals surface area (Å²) in [6, 6.07) is 7.68. The van der Waals surface area contributed by atoms with Gasteiger partial charge in [-0.2, -0.15) is 0 Å². The van der Waals surface area contributed by atoms with E-state index in [0.29, 0.717) is 12.0 Å². The van der Waals surface area contributed by atoms with Crippen LogP contribution in [-0.2, 0) is 6.54 Å². The molecule has 1 heterocycles. The molecule has 1 amide bonds. The molecule has 1 aliphatic heterocycles. The number of amides is 1. The number of nitrogens with zero attached hydrogens (tertiary/aromatic N) is 1. The highest BCUT2D eigenvalue weighted by Crippen LogP contribution is 2.30. The molecular formula is C16H24N2O. The fourth-order valence-electron chi connectivity index (χ4n) is 2.64. The average Bonchev–Trinajstić information content (AvgIpc) is 2.59. The van der Waals surface area contributed by atoms with Crippen LogP contribution in [0.5, 0.6) is 0 Å². The van der Waals surface area contributed by atoms with Crippen molar-refractivity contribution in [2.45, 2.75) is 39.7 Å². The van der Waals surface area contributed by atoms with Crippen LogP contribution in [0.1, 0.15) is 49.0 Å². The molecule has 1 aliphatic rings. The Hall–Kier alpha value is -1.35. The Morgan fingerprint density at radius 1 is 1.32 bits per heavy atom. The van der Waals surface area contributed by atoms with E-state index in [1.165, 1.54) is 6.42 Å². The van der Waals surface area contributed by atoms with Gasteiger partial charge < -0.3 is 10.6 Å². The lowest BCUT2D eigenvalue weighted by Gasteiger charge is -2.23. The number of benzene rings is 1. The molecule has 1 aromatic rings. The van der Waals surface area contributed by atoms with Crippen LogP contribution in [0.15, 0.2) is 24.3 Å². The van der Waals surface area contributed by atoms with Crippen LogP contribution in [0.3, 0.4) is 0 Å². The highest BCUT2D eigenvalue weighted by molar-refractivity contribution is 5.94. The van der Waals surface area contributed by atoms with Gasteiger partial charge in [-0.25, -0.2) is 0 Å². The maximum Gasteiger partial charge on any atom is 0.253 e. The Kier molecular flexibility index (Phi) is 4.25. The van der Waals surface area contributed by atoms with Crippen LogP contribution in [0.2, 0.25) is 0 Å². The van der Waals surface area contributed by atoms with E-state index in [1.54, 1.807) is 0 Å². The molecule has 2 N–H and O–H groups in total. The van der Waals surface area contributed by atoms with Crippen LogP contribution < -0.4 is 5.73 Å². The van der Waals surface area contributed by atoms with Crippen molar-refractivity contribution in [2.24, 2.45) is 11.1 Å². The molecule has 0 atom stereocenters. The van der Waals surface area contributed by atoms with Crippen molar-refractivity contribution in [2.75, 3.05) is 13.1 Å². The summed E-state index contributed by atoms with van der Waals surface area (Å²) in [6.07, 6.45) is 3.37. The Balaban J connectivity index is 2.10. The van der Waals surface area contributed by atoms with Crippen molar-refractivity contribution in [3.8, 4) is 0 Å². The molecule has 1 saturated heterocycles. The van der Waals surface area contributed by atoms with Gasteiger partial charge in [0.2, 0.25) is 0 Å². The van der Waals surface area contributed by atoms with Crippen LogP contribution >= 0.6 is 0 Å². The highest BCUT2D eigenvalue weighted by atomic mass is 16.2. The van der Waals surface area contributed by atoms with Crippen LogP contribution in [-0.4, -0.2) is 23.9 Å². The molecule has 1 aromatic carbocycles. The minimum atomic E-state index is 0.146. The monoisotopic (exact) mass is 260 g/mol. The zero-order valence-electron chi connectivity index (χ0n) is 12.0. The first-order chi connectivity index (χ1) is 9.02. The minimum absolute atomic E-state index is 0.146. The molecule has 3 heteroatoms. The number of nitrogens with two attached hydrogens (primary N) is 1. The van der Waals surface area contributed by atoms with Gasteiger partial charge in [-0.05, 0) is 42.4 Å². The van der Waals surface area contributed by atoms with Crippen LogP contribution in [0.4, 0.5) is 0 Å². The van der Waals surface area contributed by atoms with Crippen molar-refractivity contribution in [3.05, 3.63) is 35.4 Å². The molecular weight excluding hydrogens is 236 g/mol. The summed E-state index contributed by atoms with van der Waals surface area (Å²) in [5.74, 6) is 0.146. The first-order valence-corrected chi connectivity index (χ1v) is 7.10. The Bertz CT molecular complexity index is 454. The normalized spacial score (nSPS) is 19.0. The second-order valence-electron chi connectivity index (χ2n) is 6.21. The van der Waals surface area contributed by atoms with E-state index in [2.05, 4.69) is 13.8 Å². The van der Waals surface area contributed by atoms with Gasteiger partial charge in [0, 0.05) is 25.2 Å². The summed E-state index contributed by atoms with van der Waals surface area (Å²) in [7, 11) is 0. The molecule has 0 aromatic heterocycles. The lowest BCUT2D eigenvalue weighted by atomic mass is 9.85. The maximum absolute atomic E-state index is 12.5. The molecule has 3 nitrogen and oxygen atoms in total. The van der Waals surface area contributed by atoms with Crippen LogP contribution in [0.25, 0.3) is 0 Å². The minimum Gasteiger partial charge on any atom is -0.339 e. The van der Waals surface area contributed by atoms with Crippen molar-refractivity contribution < 1.29 is 4.79 Å². The van der Waals surface area contributed by atoms with Gasteiger partial charge in [-0.15, -0.1) is 0 Å². The summed E-state index contributed by atoms with van der Waals surface area (Å²) in [4.78, 5) is 14.5. The fourth-order valence-corrected chi connectivity index (χ4v) is 2.64.